The predicted molar refractivity (Wildman–Crippen MR) is 113 cm³/mol. The molecule has 29 heavy (non-hydrogen) atoms. The van der Waals surface area contributed by atoms with Crippen LogP contribution in [0.3, 0.4) is 0 Å². The van der Waals surface area contributed by atoms with E-state index in [1.807, 2.05) is 4.68 Å². The molecule has 2 N–H and O–H groups in total. The van der Waals surface area contributed by atoms with Gasteiger partial charge in [-0.15, -0.1) is 5.10 Å². The molecule has 1 aromatic carbocycles. The molecule has 3 heterocycles. The van der Waals surface area contributed by atoms with Gasteiger partial charge in [0.15, 0.2) is 5.69 Å². The molecule has 2 aromatic rings. The summed E-state index contributed by atoms with van der Waals surface area (Å²) >= 11 is 0. The fourth-order valence-electron chi connectivity index (χ4n) is 4.22. The summed E-state index contributed by atoms with van der Waals surface area (Å²) in [7, 11) is 0. The van der Waals surface area contributed by atoms with Crippen molar-refractivity contribution in [2.45, 2.75) is 57.7 Å². The van der Waals surface area contributed by atoms with Crippen molar-refractivity contribution in [1.29, 1.82) is 0 Å². The number of aromatic nitrogens is 3. The first kappa shape index (κ1) is 20.0. The van der Waals surface area contributed by atoms with Crippen molar-refractivity contribution in [3.63, 3.8) is 0 Å². The zero-order valence-corrected chi connectivity index (χ0v) is 17.1. The van der Waals surface area contributed by atoms with Crippen LogP contribution in [0.1, 0.15) is 66.2 Å². The van der Waals surface area contributed by atoms with E-state index in [0.29, 0.717) is 18.3 Å². The maximum Gasteiger partial charge on any atom is 0.273 e. The molecule has 0 radical (unpaired) electrons. The lowest BCUT2D eigenvalue weighted by molar-refractivity contribution is 0.0946. The molecule has 2 aliphatic rings. The molecule has 4 rings (SSSR count). The van der Waals surface area contributed by atoms with Crippen LogP contribution in [0.5, 0.6) is 0 Å². The van der Waals surface area contributed by atoms with Crippen LogP contribution in [-0.4, -0.2) is 52.0 Å². The lowest BCUT2D eigenvalue weighted by atomic mass is 10.1. The molecule has 0 saturated carbocycles. The zero-order chi connectivity index (χ0) is 19.9. The van der Waals surface area contributed by atoms with Crippen LogP contribution < -0.4 is 10.6 Å². The van der Waals surface area contributed by atoms with Crippen molar-refractivity contribution in [3.05, 3.63) is 47.3 Å². The maximum atomic E-state index is 12.4. The summed E-state index contributed by atoms with van der Waals surface area (Å²) in [6, 6.07) is 8.92. The SMILES string of the molecule is O=C(NCc1ccc(CN2CCCCCC2)cc1)c1cn(C2CCNCC2)nn1. The summed E-state index contributed by atoms with van der Waals surface area (Å²) in [5, 5.41) is 14.5. The zero-order valence-electron chi connectivity index (χ0n) is 17.1. The highest BCUT2D eigenvalue weighted by Gasteiger charge is 2.18. The molecule has 7 heteroatoms. The Morgan fingerprint density at radius 3 is 2.45 bits per heavy atom. The predicted octanol–water partition coefficient (Wildman–Crippen LogP) is 2.51. The number of carbonyl (C=O) groups is 1. The Kier molecular flexibility index (Phi) is 6.90. The van der Waals surface area contributed by atoms with Gasteiger partial charge in [0.25, 0.3) is 5.91 Å². The van der Waals surface area contributed by atoms with E-state index in [9.17, 15) is 4.79 Å². The number of benzene rings is 1. The Hall–Kier alpha value is -2.25. The van der Waals surface area contributed by atoms with Gasteiger partial charge < -0.3 is 10.6 Å². The van der Waals surface area contributed by atoms with E-state index in [2.05, 4.69) is 50.1 Å². The Labute approximate surface area is 172 Å². The average Bonchev–Trinajstić information content (AvgIpc) is 3.13. The van der Waals surface area contributed by atoms with Crippen molar-refractivity contribution in [3.8, 4) is 0 Å². The molecule has 2 fully saturated rings. The van der Waals surface area contributed by atoms with Crippen LogP contribution in [0.4, 0.5) is 0 Å². The molecule has 0 atom stereocenters. The lowest BCUT2D eigenvalue weighted by Gasteiger charge is -2.22. The van der Waals surface area contributed by atoms with Crippen molar-refractivity contribution in [2.75, 3.05) is 26.2 Å². The van der Waals surface area contributed by atoms with Crippen LogP contribution in [0.15, 0.2) is 30.5 Å². The van der Waals surface area contributed by atoms with Crippen molar-refractivity contribution in [1.82, 2.24) is 30.5 Å². The molecule has 7 nitrogen and oxygen atoms in total. The second kappa shape index (κ2) is 9.98. The standard InChI is InChI=1S/C22H32N6O/c29-22(21-17-28(26-25-21)20-9-11-23-12-10-20)24-15-18-5-7-19(8-6-18)16-27-13-3-1-2-4-14-27/h5-8,17,20,23H,1-4,9-16H2,(H,24,29). The molecule has 0 spiro atoms. The number of nitrogens with one attached hydrogen (secondary N) is 2. The molecule has 1 aromatic heterocycles. The number of hydrogen-bond acceptors (Lipinski definition) is 5. The van der Waals surface area contributed by atoms with E-state index in [0.717, 1.165) is 38.0 Å². The van der Waals surface area contributed by atoms with E-state index in [4.69, 9.17) is 0 Å². The fourth-order valence-corrected chi connectivity index (χ4v) is 4.22. The summed E-state index contributed by atoms with van der Waals surface area (Å²) in [6.45, 7) is 5.90. The van der Waals surface area contributed by atoms with Gasteiger partial charge in [-0.25, -0.2) is 4.68 Å². The summed E-state index contributed by atoms with van der Waals surface area (Å²) in [6.07, 6.45) is 9.16. The van der Waals surface area contributed by atoms with Crippen LogP contribution in [0, 0.1) is 0 Å². The lowest BCUT2D eigenvalue weighted by Crippen LogP contribution is -2.29. The monoisotopic (exact) mass is 396 g/mol. The Balaban J connectivity index is 1.26. The number of rotatable bonds is 6. The molecule has 0 unspecified atom stereocenters. The number of hydrogen-bond donors (Lipinski definition) is 2. The van der Waals surface area contributed by atoms with Gasteiger partial charge in [-0.3, -0.25) is 9.69 Å². The number of nitrogens with zero attached hydrogens (tertiary/aromatic N) is 4. The molecule has 0 bridgehead atoms. The normalized spacial score (nSPS) is 19.0. The van der Waals surface area contributed by atoms with E-state index in [1.54, 1.807) is 6.20 Å². The van der Waals surface area contributed by atoms with Crippen molar-refractivity contribution in [2.24, 2.45) is 0 Å². The fraction of sp³-hybridized carbons (Fsp3) is 0.591. The van der Waals surface area contributed by atoms with Crippen LogP contribution in [-0.2, 0) is 13.1 Å². The molecule has 2 aliphatic heterocycles. The second-order valence-corrected chi connectivity index (χ2v) is 8.25. The summed E-state index contributed by atoms with van der Waals surface area (Å²) in [5.74, 6) is -0.168. The highest BCUT2D eigenvalue weighted by Crippen LogP contribution is 2.17. The van der Waals surface area contributed by atoms with Crippen molar-refractivity contribution < 1.29 is 4.79 Å². The molecule has 156 valence electrons. The quantitative estimate of drug-likeness (QED) is 0.785. The van der Waals surface area contributed by atoms with Gasteiger partial charge in [0.2, 0.25) is 0 Å². The minimum atomic E-state index is -0.168. The Morgan fingerprint density at radius 1 is 1.03 bits per heavy atom. The molecule has 2 saturated heterocycles. The molecular weight excluding hydrogens is 364 g/mol. The van der Waals surface area contributed by atoms with Gasteiger partial charge >= 0.3 is 0 Å². The van der Waals surface area contributed by atoms with E-state index in [1.165, 1.54) is 44.3 Å². The third kappa shape index (κ3) is 5.64. The smallest absolute Gasteiger partial charge is 0.273 e. The van der Waals surface area contributed by atoms with Gasteiger partial charge in [0, 0.05) is 13.1 Å². The highest BCUT2D eigenvalue weighted by atomic mass is 16.2. The summed E-state index contributed by atoms with van der Waals surface area (Å²) in [4.78, 5) is 15.0. The summed E-state index contributed by atoms with van der Waals surface area (Å²) in [5.41, 5.74) is 2.83. The minimum Gasteiger partial charge on any atom is -0.347 e. The van der Waals surface area contributed by atoms with Gasteiger partial charge in [0.05, 0.1) is 12.2 Å². The van der Waals surface area contributed by atoms with E-state index < -0.39 is 0 Å². The number of piperidine rings is 1. The first-order valence-electron chi connectivity index (χ1n) is 11.0. The molecule has 1 amide bonds. The minimum absolute atomic E-state index is 0.168. The highest BCUT2D eigenvalue weighted by molar-refractivity contribution is 5.91. The van der Waals surface area contributed by atoms with Crippen LogP contribution in [0.25, 0.3) is 0 Å². The molecular formula is C22H32N6O. The average molecular weight is 397 g/mol. The van der Waals surface area contributed by atoms with Crippen LogP contribution >= 0.6 is 0 Å². The number of carbonyl (C=O) groups excluding carboxylic acids is 1. The van der Waals surface area contributed by atoms with Gasteiger partial charge in [-0.1, -0.05) is 42.3 Å². The van der Waals surface area contributed by atoms with Crippen LogP contribution in [0.2, 0.25) is 0 Å². The van der Waals surface area contributed by atoms with E-state index in [-0.39, 0.29) is 5.91 Å². The maximum absolute atomic E-state index is 12.4. The summed E-state index contributed by atoms with van der Waals surface area (Å²) < 4.78 is 1.84. The molecule has 0 aliphatic carbocycles. The van der Waals surface area contributed by atoms with Gasteiger partial charge in [-0.2, -0.15) is 0 Å². The van der Waals surface area contributed by atoms with Crippen molar-refractivity contribution >= 4 is 5.91 Å². The Bertz CT molecular complexity index is 773. The van der Waals surface area contributed by atoms with Gasteiger partial charge in [-0.05, 0) is 63.0 Å². The topological polar surface area (TPSA) is 75.1 Å². The largest absolute Gasteiger partial charge is 0.347 e. The first-order valence-corrected chi connectivity index (χ1v) is 11.0. The third-order valence-electron chi connectivity index (χ3n) is 6.01. The van der Waals surface area contributed by atoms with Gasteiger partial charge in [0.1, 0.15) is 0 Å². The number of amides is 1. The van der Waals surface area contributed by atoms with E-state index >= 15 is 0 Å². The second-order valence-electron chi connectivity index (χ2n) is 8.25. The Morgan fingerprint density at radius 2 is 1.72 bits per heavy atom. The number of likely N-dealkylation sites (tertiary alicyclic amines) is 1. The first-order chi connectivity index (χ1) is 14.3. The third-order valence-corrected chi connectivity index (χ3v) is 6.01.